The average molecular weight is 440 g/mol. The Hall–Kier alpha value is -3.32. The first kappa shape index (κ1) is 22.4. The quantitative estimate of drug-likeness (QED) is 0.517. The smallest absolute Gasteiger partial charge is 0.278 e. The maximum absolute atomic E-state index is 13.3. The second-order valence-electron chi connectivity index (χ2n) is 7.02. The third-order valence-electron chi connectivity index (χ3n) is 4.45. The largest absolute Gasteiger partial charge is 0.494 e. The van der Waals surface area contributed by atoms with Crippen LogP contribution in [0.25, 0.3) is 0 Å². The molecule has 1 amide bonds. The van der Waals surface area contributed by atoms with Crippen molar-refractivity contribution in [1.29, 1.82) is 0 Å². The maximum atomic E-state index is 13.3. The molecule has 0 spiro atoms. The molecule has 0 aliphatic rings. The molecule has 0 aliphatic heterocycles. The third kappa shape index (κ3) is 5.44. The van der Waals surface area contributed by atoms with Gasteiger partial charge in [-0.1, -0.05) is 24.3 Å². The van der Waals surface area contributed by atoms with E-state index in [1.54, 1.807) is 54.6 Å². The molecule has 0 bridgehead atoms. The molecule has 0 N–H and O–H groups in total. The van der Waals surface area contributed by atoms with Gasteiger partial charge in [-0.3, -0.25) is 4.79 Å². The van der Waals surface area contributed by atoms with Crippen molar-refractivity contribution >= 4 is 21.6 Å². The van der Waals surface area contributed by atoms with Crippen molar-refractivity contribution in [3.8, 4) is 11.5 Å². The van der Waals surface area contributed by atoms with E-state index in [9.17, 15) is 13.2 Å². The van der Waals surface area contributed by atoms with Crippen molar-refractivity contribution in [3.63, 3.8) is 0 Å². The molecule has 0 heterocycles. The number of amides is 1. The Bertz CT molecular complexity index is 1120. The third-order valence-corrected chi connectivity index (χ3v) is 6.21. The van der Waals surface area contributed by atoms with Gasteiger partial charge in [0.1, 0.15) is 11.5 Å². The molecular formula is C24H25NO5S. The molecule has 0 aromatic heterocycles. The molecular weight excluding hydrogens is 414 g/mol. The number of carbonyl (C=O) groups excluding carboxylic acids is 1. The van der Waals surface area contributed by atoms with Crippen LogP contribution in [0.1, 0.15) is 18.1 Å². The highest BCUT2D eigenvalue weighted by molar-refractivity contribution is 7.93. The number of carbonyl (C=O) groups is 1. The van der Waals surface area contributed by atoms with Crippen LogP contribution < -0.4 is 13.8 Å². The fraction of sp³-hybridized carbons (Fsp3) is 0.208. The number of ether oxygens (including phenoxy) is 2. The van der Waals surface area contributed by atoms with Gasteiger partial charge in [-0.15, -0.1) is 0 Å². The molecule has 162 valence electrons. The van der Waals surface area contributed by atoms with E-state index in [0.717, 1.165) is 15.4 Å². The molecule has 0 saturated heterocycles. The van der Waals surface area contributed by atoms with Gasteiger partial charge in [-0.25, -0.2) is 8.42 Å². The Morgan fingerprint density at radius 1 is 0.839 bits per heavy atom. The van der Waals surface area contributed by atoms with Crippen LogP contribution in [-0.4, -0.2) is 27.5 Å². The predicted octanol–water partition coefficient (Wildman–Crippen LogP) is 4.50. The van der Waals surface area contributed by atoms with Crippen LogP contribution >= 0.6 is 0 Å². The van der Waals surface area contributed by atoms with Crippen molar-refractivity contribution in [2.24, 2.45) is 0 Å². The van der Waals surface area contributed by atoms with E-state index in [1.807, 2.05) is 26.8 Å². The van der Waals surface area contributed by atoms with Gasteiger partial charge >= 0.3 is 0 Å². The number of rotatable bonds is 8. The Labute approximate surface area is 183 Å². The van der Waals surface area contributed by atoms with Gasteiger partial charge in [-0.05, 0) is 80.4 Å². The van der Waals surface area contributed by atoms with Gasteiger partial charge < -0.3 is 9.47 Å². The minimum Gasteiger partial charge on any atom is -0.494 e. The van der Waals surface area contributed by atoms with Crippen LogP contribution in [0.5, 0.6) is 11.5 Å². The molecule has 3 rings (SSSR count). The number of sulfonamides is 1. The summed E-state index contributed by atoms with van der Waals surface area (Å²) in [5, 5.41) is 0. The highest BCUT2D eigenvalue weighted by Crippen LogP contribution is 2.26. The number of nitrogens with zero attached hydrogens (tertiary/aromatic N) is 1. The van der Waals surface area contributed by atoms with E-state index in [2.05, 4.69) is 0 Å². The summed E-state index contributed by atoms with van der Waals surface area (Å²) in [6, 6.07) is 19.8. The lowest BCUT2D eigenvalue weighted by Crippen LogP contribution is -2.40. The van der Waals surface area contributed by atoms with Crippen molar-refractivity contribution in [2.45, 2.75) is 25.7 Å². The van der Waals surface area contributed by atoms with Crippen LogP contribution in [0, 0.1) is 13.8 Å². The van der Waals surface area contributed by atoms with Crippen molar-refractivity contribution in [1.82, 2.24) is 0 Å². The predicted molar refractivity (Wildman–Crippen MR) is 120 cm³/mol. The normalized spacial score (nSPS) is 11.1. The summed E-state index contributed by atoms with van der Waals surface area (Å²) >= 11 is 0. The highest BCUT2D eigenvalue weighted by Gasteiger charge is 2.31. The topological polar surface area (TPSA) is 72.9 Å². The summed E-state index contributed by atoms with van der Waals surface area (Å²) in [5.74, 6) is 0.393. The van der Waals surface area contributed by atoms with Crippen LogP contribution in [0.2, 0.25) is 0 Å². The first-order valence-electron chi connectivity index (χ1n) is 9.88. The number of anilines is 1. The molecule has 0 fully saturated rings. The fourth-order valence-corrected chi connectivity index (χ4v) is 4.61. The van der Waals surface area contributed by atoms with E-state index in [-0.39, 0.29) is 10.6 Å². The average Bonchev–Trinajstić information content (AvgIpc) is 2.74. The van der Waals surface area contributed by atoms with Gasteiger partial charge in [0.2, 0.25) is 0 Å². The van der Waals surface area contributed by atoms with E-state index in [0.29, 0.717) is 18.1 Å². The number of benzene rings is 3. The van der Waals surface area contributed by atoms with Crippen molar-refractivity contribution < 1.29 is 22.7 Å². The summed E-state index contributed by atoms with van der Waals surface area (Å²) in [6.07, 6.45) is 0. The molecule has 0 radical (unpaired) electrons. The van der Waals surface area contributed by atoms with E-state index in [1.165, 1.54) is 12.1 Å². The zero-order valence-electron chi connectivity index (χ0n) is 17.7. The van der Waals surface area contributed by atoms with E-state index >= 15 is 0 Å². The van der Waals surface area contributed by atoms with Crippen LogP contribution in [0.3, 0.4) is 0 Å². The van der Waals surface area contributed by atoms with Gasteiger partial charge in [0.25, 0.3) is 15.9 Å². The first-order valence-corrected chi connectivity index (χ1v) is 11.3. The standard InChI is InChI=1S/C24H25NO5S/c1-4-29-21-12-10-20(11-13-21)25(31(27,28)23-8-6-5-7-9-23)24(26)17-30-22-15-18(2)14-19(3)16-22/h5-16H,4,17H2,1-3H3. The molecule has 0 atom stereocenters. The Balaban J connectivity index is 1.93. The molecule has 0 unspecified atom stereocenters. The SMILES string of the molecule is CCOc1ccc(N(C(=O)COc2cc(C)cc(C)c2)S(=O)(=O)c2ccccc2)cc1. The van der Waals surface area contributed by atoms with Crippen LogP contribution in [-0.2, 0) is 14.8 Å². The van der Waals surface area contributed by atoms with E-state index in [4.69, 9.17) is 9.47 Å². The van der Waals surface area contributed by atoms with Gasteiger partial charge in [0, 0.05) is 0 Å². The fourth-order valence-electron chi connectivity index (χ4n) is 3.18. The Morgan fingerprint density at radius 2 is 1.45 bits per heavy atom. The molecule has 0 saturated carbocycles. The monoisotopic (exact) mass is 439 g/mol. The Morgan fingerprint density at radius 3 is 2.03 bits per heavy atom. The van der Waals surface area contributed by atoms with Crippen molar-refractivity contribution in [3.05, 3.63) is 83.9 Å². The molecule has 7 heteroatoms. The lowest BCUT2D eigenvalue weighted by Gasteiger charge is -2.23. The number of aryl methyl sites for hydroxylation is 2. The highest BCUT2D eigenvalue weighted by atomic mass is 32.2. The maximum Gasteiger partial charge on any atom is 0.278 e. The molecule has 0 aliphatic carbocycles. The van der Waals surface area contributed by atoms with Crippen LogP contribution in [0.4, 0.5) is 5.69 Å². The summed E-state index contributed by atoms with van der Waals surface area (Å²) in [4.78, 5) is 13.1. The molecule has 3 aromatic carbocycles. The zero-order chi connectivity index (χ0) is 22.4. The lowest BCUT2D eigenvalue weighted by atomic mass is 10.1. The summed E-state index contributed by atoms with van der Waals surface area (Å²) in [7, 11) is -4.14. The summed E-state index contributed by atoms with van der Waals surface area (Å²) in [6.45, 7) is 5.76. The van der Waals surface area contributed by atoms with Gasteiger partial charge in [0.15, 0.2) is 6.61 Å². The number of hydrogen-bond acceptors (Lipinski definition) is 5. The van der Waals surface area contributed by atoms with Gasteiger partial charge in [0.05, 0.1) is 17.2 Å². The summed E-state index contributed by atoms with van der Waals surface area (Å²) < 4.78 is 38.5. The minimum atomic E-state index is -4.14. The Kier molecular flexibility index (Phi) is 6.97. The molecule has 31 heavy (non-hydrogen) atoms. The second kappa shape index (κ2) is 9.66. The molecule has 6 nitrogen and oxygen atoms in total. The van der Waals surface area contributed by atoms with Crippen molar-refractivity contribution in [2.75, 3.05) is 17.5 Å². The molecule has 3 aromatic rings. The zero-order valence-corrected chi connectivity index (χ0v) is 18.6. The van der Waals surface area contributed by atoms with Gasteiger partial charge in [-0.2, -0.15) is 4.31 Å². The van der Waals surface area contributed by atoms with E-state index < -0.39 is 22.5 Å². The minimum absolute atomic E-state index is 0.0173. The summed E-state index contributed by atoms with van der Waals surface area (Å²) in [5.41, 5.74) is 2.19. The first-order chi connectivity index (χ1) is 14.8. The second-order valence-corrected chi connectivity index (χ2v) is 8.80. The lowest BCUT2D eigenvalue weighted by molar-refractivity contribution is -0.119. The van der Waals surface area contributed by atoms with Crippen LogP contribution in [0.15, 0.2) is 77.7 Å². The number of hydrogen-bond donors (Lipinski definition) is 0.